The minimum absolute atomic E-state index is 0.146. The lowest BCUT2D eigenvalue weighted by Crippen LogP contribution is -2.60. The molecule has 2 rings (SSSR count). The fourth-order valence-corrected chi connectivity index (χ4v) is 4.76. The quantitative estimate of drug-likeness (QED) is 0.737. The molecule has 1 saturated heterocycles. The third-order valence-corrected chi connectivity index (χ3v) is 5.10. The van der Waals surface area contributed by atoms with Crippen molar-refractivity contribution in [1.29, 1.82) is 0 Å². The second-order valence-electron chi connectivity index (χ2n) is 5.79. The lowest BCUT2D eigenvalue weighted by Gasteiger charge is -2.59. The summed E-state index contributed by atoms with van der Waals surface area (Å²) in [6.07, 6.45) is 2.79. The van der Waals surface area contributed by atoms with Gasteiger partial charge in [0.2, 0.25) is 0 Å². The van der Waals surface area contributed by atoms with Crippen LogP contribution < -0.4 is 0 Å². The Morgan fingerprint density at radius 3 is 2.29 bits per heavy atom. The molecule has 0 aromatic carbocycles. The van der Waals surface area contributed by atoms with Crippen LogP contribution in [0.25, 0.3) is 0 Å². The predicted molar refractivity (Wildman–Crippen MR) is 59.4 cm³/mol. The maximum absolute atomic E-state index is 10.5. The highest BCUT2D eigenvalue weighted by molar-refractivity contribution is 7.99. The fraction of sp³-hybridized carbons (Fsp3) is 1.00. The lowest BCUT2D eigenvalue weighted by atomic mass is 9.48. The molecule has 0 amide bonds. The van der Waals surface area contributed by atoms with Crippen LogP contribution in [0.3, 0.4) is 0 Å². The molecule has 82 valence electrons. The average Bonchev–Trinajstić information content (AvgIpc) is 2.48. The van der Waals surface area contributed by atoms with Gasteiger partial charge in [-0.2, -0.15) is 11.8 Å². The highest BCUT2D eigenvalue weighted by Gasteiger charge is 2.61. The number of aliphatic hydroxyl groups is 2. The summed E-state index contributed by atoms with van der Waals surface area (Å²) < 4.78 is 0. The Morgan fingerprint density at radius 1 is 1.29 bits per heavy atom. The van der Waals surface area contributed by atoms with E-state index in [-0.39, 0.29) is 12.0 Å². The molecule has 2 N–H and O–H groups in total. The molecule has 0 bridgehead atoms. The maximum atomic E-state index is 10.5. The molecule has 0 spiro atoms. The number of aliphatic hydroxyl groups excluding tert-OH is 1. The second-order valence-corrected chi connectivity index (χ2v) is 6.90. The molecule has 3 heteroatoms. The molecule has 14 heavy (non-hydrogen) atoms. The van der Waals surface area contributed by atoms with Crippen LogP contribution in [0, 0.1) is 10.8 Å². The Hall–Kier alpha value is 0.270. The number of rotatable bonds is 2. The van der Waals surface area contributed by atoms with Crippen LogP contribution in [-0.4, -0.2) is 33.9 Å². The fourth-order valence-electron chi connectivity index (χ4n) is 3.34. The van der Waals surface area contributed by atoms with Crippen molar-refractivity contribution in [3.05, 3.63) is 0 Å². The third-order valence-electron chi connectivity index (χ3n) is 3.92. The molecule has 2 nitrogen and oxygen atoms in total. The standard InChI is InChI=1S/C11H20O2S/c1-9(2)5-10(6-9,7-12)11(13)3-4-14-8-11/h12-13H,3-8H2,1-2H3. The number of hydrogen-bond acceptors (Lipinski definition) is 3. The summed E-state index contributed by atoms with van der Waals surface area (Å²) in [5, 5.41) is 20.0. The van der Waals surface area contributed by atoms with Gasteiger partial charge in [-0.25, -0.2) is 0 Å². The van der Waals surface area contributed by atoms with Crippen LogP contribution in [0.1, 0.15) is 33.1 Å². The molecule has 1 aliphatic carbocycles. The summed E-state index contributed by atoms with van der Waals surface area (Å²) in [6, 6.07) is 0. The Kier molecular flexibility index (Phi) is 2.41. The molecule has 1 aliphatic heterocycles. The zero-order valence-corrected chi connectivity index (χ0v) is 9.86. The van der Waals surface area contributed by atoms with Crippen molar-refractivity contribution in [1.82, 2.24) is 0 Å². The Balaban J connectivity index is 2.14. The zero-order valence-electron chi connectivity index (χ0n) is 9.05. The van der Waals surface area contributed by atoms with Crippen LogP contribution in [0.15, 0.2) is 0 Å². The maximum Gasteiger partial charge on any atom is 0.0823 e. The first-order valence-corrected chi connectivity index (χ1v) is 6.50. The topological polar surface area (TPSA) is 40.5 Å². The molecule has 2 fully saturated rings. The summed E-state index contributed by atoms with van der Waals surface area (Å²) in [6.45, 7) is 4.58. The van der Waals surface area contributed by atoms with Crippen molar-refractivity contribution in [2.45, 2.75) is 38.7 Å². The van der Waals surface area contributed by atoms with E-state index in [1.54, 1.807) is 0 Å². The molecule has 1 unspecified atom stereocenters. The van der Waals surface area contributed by atoms with Crippen LogP contribution >= 0.6 is 11.8 Å². The summed E-state index contributed by atoms with van der Waals surface area (Å²) in [4.78, 5) is 0. The first kappa shape index (κ1) is 10.8. The smallest absolute Gasteiger partial charge is 0.0823 e. The molecular formula is C11H20O2S. The summed E-state index contributed by atoms with van der Waals surface area (Å²) in [5.41, 5.74) is -0.479. The monoisotopic (exact) mass is 216 g/mol. The molecule has 2 aliphatic rings. The lowest BCUT2D eigenvalue weighted by molar-refractivity contribution is -0.183. The van der Waals surface area contributed by atoms with Gasteiger partial charge in [0.1, 0.15) is 0 Å². The predicted octanol–water partition coefficient (Wildman–Crippen LogP) is 1.65. The third kappa shape index (κ3) is 1.41. The van der Waals surface area contributed by atoms with Crippen molar-refractivity contribution < 1.29 is 10.2 Å². The van der Waals surface area contributed by atoms with Crippen LogP contribution in [0.5, 0.6) is 0 Å². The first-order chi connectivity index (χ1) is 6.43. The summed E-state index contributed by atoms with van der Waals surface area (Å²) in [7, 11) is 0. The van der Waals surface area contributed by atoms with E-state index in [9.17, 15) is 10.2 Å². The number of hydrogen-bond donors (Lipinski definition) is 2. The highest BCUT2D eigenvalue weighted by Crippen LogP contribution is 2.61. The van der Waals surface area contributed by atoms with E-state index < -0.39 is 5.60 Å². The summed E-state index contributed by atoms with van der Waals surface area (Å²) >= 11 is 1.81. The van der Waals surface area contributed by atoms with E-state index in [1.165, 1.54) is 0 Å². The normalized spacial score (nSPS) is 39.4. The van der Waals surface area contributed by atoms with Gasteiger partial charge in [0.25, 0.3) is 0 Å². The highest BCUT2D eigenvalue weighted by atomic mass is 32.2. The molecular weight excluding hydrogens is 196 g/mol. The van der Waals surface area contributed by atoms with E-state index in [4.69, 9.17) is 0 Å². The van der Waals surface area contributed by atoms with Crippen LogP contribution in [-0.2, 0) is 0 Å². The molecule has 1 heterocycles. The minimum atomic E-state index is -0.595. The van der Waals surface area contributed by atoms with Gasteiger partial charge < -0.3 is 10.2 Å². The Bertz CT molecular complexity index is 223. The van der Waals surface area contributed by atoms with Crippen LogP contribution in [0.2, 0.25) is 0 Å². The first-order valence-electron chi connectivity index (χ1n) is 5.34. The van der Waals surface area contributed by atoms with Crippen molar-refractivity contribution >= 4 is 11.8 Å². The number of thioether (sulfide) groups is 1. The van der Waals surface area contributed by atoms with Gasteiger partial charge in [0.05, 0.1) is 12.2 Å². The largest absolute Gasteiger partial charge is 0.396 e. The van der Waals surface area contributed by atoms with Crippen molar-refractivity contribution in [3.8, 4) is 0 Å². The molecule has 1 atom stereocenters. The van der Waals surface area contributed by atoms with Crippen LogP contribution in [0.4, 0.5) is 0 Å². The molecule has 0 radical (unpaired) electrons. The SMILES string of the molecule is CC1(C)CC(CO)(C2(O)CCSC2)C1. The molecule has 1 saturated carbocycles. The van der Waals surface area contributed by atoms with Crippen molar-refractivity contribution in [2.24, 2.45) is 10.8 Å². The second kappa shape index (κ2) is 3.13. The van der Waals surface area contributed by atoms with Gasteiger partial charge in [0, 0.05) is 11.2 Å². The van der Waals surface area contributed by atoms with E-state index >= 15 is 0 Å². The van der Waals surface area contributed by atoms with Gasteiger partial charge in [-0.1, -0.05) is 13.8 Å². The van der Waals surface area contributed by atoms with Gasteiger partial charge in [-0.15, -0.1) is 0 Å². The van der Waals surface area contributed by atoms with E-state index in [0.717, 1.165) is 30.8 Å². The van der Waals surface area contributed by atoms with E-state index in [0.29, 0.717) is 5.41 Å². The van der Waals surface area contributed by atoms with Crippen molar-refractivity contribution in [2.75, 3.05) is 18.1 Å². The van der Waals surface area contributed by atoms with Crippen molar-refractivity contribution in [3.63, 3.8) is 0 Å². The zero-order chi connectivity index (χ0) is 10.4. The molecule has 0 aromatic rings. The summed E-state index contributed by atoms with van der Waals surface area (Å²) in [5.74, 6) is 1.85. The van der Waals surface area contributed by atoms with Gasteiger partial charge in [0.15, 0.2) is 0 Å². The Morgan fingerprint density at radius 2 is 1.93 bits per heavy atom. The van der Waals surface area contributed by atoms with E-state index in [2.05, 4.69) is 13.8 Å². The van der Waals surface area contributed by atoms with Gasteiger partial charge >= 0.3 is 0 Å². The van der Waals surface area contributed by atoms with Gasteiger partial charge in [-0.3, -0.25) is 0 Å². The Labute approximate surface area is 90.1 Å². The molecule has 0 aromatic heterocycles. The van der Waals surface area contributed by atoms with E-state index in [1.807, 2.05) is 11.8 Å². The van der Waals surface area contributed by atoms with Gasteiger partial charge in [-0.05, 0) is 30.4 Å². The average molecular weight is 216 g/mol. The minimum Gasteiger partial charge on any atom is -0.396 e.